The Hall–Kier alpha value is -2.83. The first kappa shape index (κ1) is 16.4. The Bertz CT molecular complexity index is 962. The van der Waals surface area contributed by atoms with Gasteiger partial charge in [0.2, 0.25) is 5.95 Å². The zero-order valence-corrected chi connectivity index (χ0v) is 15.7. The Morgan fingerprint density at radius 2 is 1.89 bits per heavy atom. The van der Waals surface area contributed by atoms with Crippen molar-refractivity contribution in [3.63, 3.8) is 0 Å². The van der Waals surface area contributed by atoms with Crippen molar-refractivity contribution in [3.8, 4) is 0 Å². The van der Waals surface area contributed by atoms with Crippen LogP contribution in [0.3, 0.4) is 0 Å². The highest BCUT2D eigenvalue weighted by Gasteiger charge is 2.43. The molecule has 1 aromatic carbocycles. The summed E-state index contributed by atoms with van der Waals surface area (Å²) >= 11 is 0. The van der Waals surface area contributed by atoms with Crippen molar-refractivity contribution < 1.29 is 4.79 Å². The molecule has 0 bridgehead atoms. The number of rotatable bonds is 3. The zero-order chi connectivity index (χ0) is 18.5. The predicted octanol–water partition coefficient (Wildman–Crippen LogP) is 2.55. The lowest BCUT2D eigenvalue weighted by atomic mass is 10.0. The van der Waals surface area contributed by atoms with Crippen LogP contribution < -0.4 is 4.90 Å². The van der Waals surface area contributed by atoms with Gasteiger partial charge in [0, 0.05) is 44.1 Å². The first-order valence-electron chi connectivity index (χ1n) is 9.61. The number of hydrogen-bond donors (Lipinski definition) is 1. The number of aromatic amines is 1. The van der Waals surface area contributed by atoms with Gasteiger partial charge in [-0.3, -0.25) is 4.79 Å². The number of amides is 1. The molecule has 0 aliphatic carbocycles. The number of nitrogens with one attached hydrogen (secondary N) is 1. The molecule has 0 spiro atoms. The summed E-state index contributed by atoms with van der Waals surface area (Å²) in [5.74, 6) is 2.12. The minimum absolute atomic E-state index is 0.0582. The second-order valence-corrected chi connectivity index (χ2v) is 7.96. The van der Waals surface area contributed by atoms with Crippen LogP contribution in [0.2, 0.25) is 0 Å². The van der Waals surface area contributed by atoms with Gasteiger partial charge in [-0.1, -0.05) is 12.1 Å². The first-order valence-corrected chi connectivity index (χ1v) is 9.61. The number of hydrogen-bond acceptors (Lipinski definition) is 4. The molecule has 2 aliphatic heterocycles. The van der Waals surface area contributed by atoms with Crippen molar-refractivity contribution in [1.82, 2.24) is 24.4 Å². The van der Waals surface area contributed by atoms with E-state index in [1.54, 1.807) is 12.5 Å². The number of imidazole rings is 2. The lowest BCUT2D eigenvalue weighted by molar-refractivity contribution is 0.0777. The third-order valence-electron chi connectivity index (χ3n) is 5.88. The smallest absolute Gasteiger partial charge is 0.271 e. The molecule has 2 atom stereocenters. The van der Waals surface area contributed by atoms with Gasteiger partial charge in [0.25, 0.3) is 5.91 Å². The second kappa shape index (κ2) is 6.11. The second-order valence-electron chi connectivity index (χ2n) is 7.96. The number of carbonyl (C=O) groups excluding carboxylic acids is 1. The summed E-state index contributed by atoms with van der Waals surface area (Å²) in [6.45, 7) is 7.93. The van der Waals surface area contributed by atoms with Gasteiger partial charge in [0.05, 0.1) is 23.6 Å². The van der Waals surface area contributed by atoms with Gasteiger partial charge in [-0.05, 0) is 26.0 Å². The van der Waals surface area contributed by atoms with E-state index in [1.807, 2.05) is 11.0 Å². The lowest BCUT2D eigenvalue weighted by Gasteiger charge is -2.24. The molecule has 1 amide bonds. The standard InChI is InChI=1S/C20H24N6O/c1-13(2)26-18-6-4-3-5-16(18)23-20(26)25-10-14-8-24(9-15(14)11-25)19(27)17-7-21-12-22-17/h3-7,12-15H,8-11H2,1-2H3,(H,21,22). The summed E-state index contributed by atoms with van der Waals surface area (Å²) in [6, 6.07) is 8.70. The number of nitrogens with zero attached hydrogens (tertiary/aromatic N) is 5. The molecule has 2 aliphatic rings. The van der Waals surface area contributed by atoms with Crippen molar-refractivity contribution in [2.75, 3.05) is 31.1 Å². The SMILES string of the molecule is CC(C)n1c(N2CC3CN(C(=O)c4cnc[nH]4)CC3C2)nc2ccccc21. The van der Waals surface area contributed by atoms with E-state index in [0.717, 1.165) is 37.6 Å². The fourth-order valence-electron chi connectivity index (χ4n) is 4.63. The highest BCUT2D eigenvalue weighted by atomic mass is 16.2. The highest BCUT2D eigenvalue weighted by molar-refractivity contribution is 5.92. The average molecular weight is 364 g/mol. The van der Waals surface area contributed by atoms with E-state index < -0.39 is 0 Å². The van der Waals surface area contributed by atoms with Crippen LogP contribution in [0.5, 0.6) is 0 Å². The molecule has 7 nitrogen and oxygen atoms in total. The van der Waals surface area contributed by atoms with Crippen LogP contribution >= 0.6 is 0 Å². The van der Waals surface area contributed by atoms with Gasteiger partial charge in [-0.25, -0.2) is 9.97 Å². The zero-order valence-electron chi connectivity index (χ0n) is 15.7. The van der Waals surface area contributed by atoms with Crippen LogP contribution in [-0.2, 0) is 0 Å². The van der Waals surface area contributed by atoms with Crippen LogP contribution in [0.15, 0.2) is 36.8 Å². The number of likely N-dealkylation sites (tertiary alicyclic amines) is 1. The summed E-state index contributed by atoms with van der Waals surface area (Å²) in [5, 5.41) is 0. The maximum Gasteiger partial charge on any atom is 0.271 e. The van der Waals surface area contributed by atoms with Crippen molar-refractivity contribution in [2.24, 2.45) is 11.8 Å². The monoisotopic (exact) mass is 364 g/mol. The molecule has 3 aromatic rings. The minimum atomic E-state index is 0.0582. The van der Waals surface area contributed by atoms with E-state index in [1.165, 1.54) is 5.52 Å². The molecule has 0 saturated carbocycles. The summed E-state index contributed by atoms with van der Waals surface area (Å²) < 4.78 is 2.34. The van der Waals surface area contributed by atoms with Gasteiger partial charge in [0.1, 0.15) is 5.69 Å². The molecule has 2 unspecified atom stereocenters. The lowest BCUT2D eigenvalue weighted by Crippen LogP contribution is -2.34. The van der Waals surface area contributed by atoms with Crippen LogP contribution in [0.4, 0.5) is 5.95 Å². The molecule has 27 heavy (non-hydrogen) atoms. The molecular formula is C20H24N6O. The molecule has 140 valence electrons. The Balaban J connectivity index is 1.37. The van der Waals surface area contributed by atoms with Crippen LogP contribution in [0.25, 0.3) is 11.0 Å². The van der Waals surface area contributed by atoms with E-state index in [4.69, 9.17) is 4.98 Å². The van der Waals surface area contributed by atoms with Crippen molar-refractivity contribution in [1.29, 1.82) is 0 Å². The van der Waals surface area contributed by atoms with Gasteiger partial charge < -0.3 is 19.4 Å². The molecule has 2 aromatic heterocycles. The van der Waals surface area contributed by atoms with Crippen molar-refractivity contribution in [3.05, 3.63) is 42.5 Å². The molecule has 7 heteroatoms. The van der Waals surface area contributed by atoms with E-state index in [0.29, 0.717) is 23.6 Å². The summed E-state index contributed by atoms with van der Waals surface area (Å²) in [7, 11) is 0. The van der Waals surface area contributed by atoms with Crippen LogP contribution in [0, 0.1) is 11.8 Å². The number of carbonyl (C=O) groups is 1. The third-order valence-corrected chi connectivity index (χ3v) is 5.88. The van der Waals surface area contributed by atoms with Crippen LogP contribution in [0.1, 0.15) is 30.4 Å². The summed E-state index contributed by atoms with van der Waals surface area (Å²) in [6.07, 6.45) is 3.16. The van der Waals surface area contributed by atoms with Crippen molar-refractivity contribution >= 4 is 22.9 Å². The molecule has 0 radical (unpaired) electrons. The van der Waals surface area contributed by atoms with E-state index in [-0.39, 0.29) is 5.91 Å². The number of fused-ring (bicyclic) bond motifs is 2. The average Bonchev–Trinajstić information content (AvgIpc) is 3.41. The highest BCUT2D eigenvalue weighted by Crippen LogP contribution is 2.36. The Morgan fingerprint density at radius 1 is 1.15 bits per heavy atom. The van der Waals surface area contributed by atoms with E-state index in [9.17, 15) is 4.79 Å². The topological polar surface area (TPSA) is 70.1 Å². The Labute approximate surface area is 158 Å². The minimum Gasteiger partial charge on any atom is -0.342 e. The Kier molecular flexibility index (Phi) is 3.70. The number of anilines is 1. The van der Waals surface area contributed by atoms with Gasteiger partial charge >= 0.3 is 0 Å². The normalized spacial score (nSPS) is 22.2. The summed E-state index contributed by atoms with van der Waals surface area (Å²) in [4.78, 5) is 28.8. The summed E-state index contributed by atoms with van der Waals surface area (Å²) in [5.41, 5.74) is 2.82. The first-order chi connectivity index (χ1) is 13.1. The maximum atomic E-state index is 12.6. The molecule has 2 fully saturated rings. The fraction of sp³-hybridized carbons (Fsp3) is 0.450. The Morgan fingerprint density at radius 3 is 2.56 bits per heavy atom. The van der Waals surface area contributed by atoms with Gasteiger partial charge in [0.15, 0.2) is 0 Å². The van der Waals surface area contributed by atoms with E-state index >= 15 is 0 Å². The third kappa shape index (κ3) is 2.60. The molecule has 4 heterocycles. The molecule has 1 N–H and O–H groups in total. The molecule has 5 rings (SSSR count). The fourth-order valence-corrected chi connectivity index (χ4v) is 4.63. The molecule has 2 saturated heterocycles. The number of aromatic nitrogens is 4. The van der Waals surface area contributed by atoms with E-state index in [2.05, 4.69) is 51.5 Å². The largest absolute Gasteiger partial charge is 0.342 e. The van der Waals surface area contributed by atoms with Crippen molar-refractivity contribution in [2.45, 2.75) is 19.9 Å². The predicted molar refractivity (Wildman–Crippen MR) is 104 cm³/mol. The number of H-pyrrole nitrogens is 1. The number of para-hydroxylation sites is 2. The van der Waals surface area contributed by atoms with Crippen LogP contribution in [-0.4, -0.2) is 56.5 Å². The quantitative estimate of drug-likeness (QED) is 0.775. The van der Waals surface area contributed by atoms with Gasteiger partial charge in [-0.15, -0.1) is 0 Å². The number of benzene rings is 1. The molecular weight excluding hydrogens is 340 g/mol. The van der Waals surface area contributed by atoms with Gasteiger partial charge in [-0.2, -0.15) is 0 Å². The maximum absolute atomic E-state index is 12.6.